The van der Waals surface area contributed by atoms with Crippen molar-refractivity contribution in [2.24, 2.45) is 0 Å². The second kappa shape index (κ2) is 12.7. The number of benzene rings is 2. The standard InChI is InChI=1S/C37H41N5O8/c1-35(2,3)50-34(46)42-19-29(23-7-5-8-27(16-23)47-4)41(33(45)37(42)21-48-13-14-49-22-37)20-30(43)39-26-11-10-24-17-36(18-25(24)15-26)28-9-6-12-38-31(28)40-32(36)44/h5-12,15-16,29H,13-14,17-22H2,1-4H3,(H,39,43)(H,38,40,44). The number of nitrogens with one attached hydrogen (secondary N) is 2. The maximum atomic E-state index is 14.8. The Morgan fingerprint density at radius 2 is 1.78 bits per heavy atom. The number of piperazine rings is 1. The van der Waals surface area contributed by atoms with Crippen molar-refractivity contribution in [2.45, 2.75) is 56.2 Å². The molecule has 0 radical (unpaired) electrons. The van der Waals surface area contributed by atoms with Crippen molar-refractivity contribution in [1.82, 2.24) is 14.8 Å². The highest BCUT2D eigenvalue weighted by Gasteiger charge is 2.57. The molecular formula is C37H41N5O8. The van der Waals surface area contributed by atoms with Gasteiger partial charge in [-0.05, 0) is 80.6 Å². The molecule has 2 fully saturated rings. The van der Waals surface area contributed by atoms with Crippen LogP contribution in [0.25, 0.3) is 0 Å². The topological polar surface area (TPSA) is 149 Å². The smallest absolute Gasteiger partial charge is 0.411 e. The predicted octanol–water partition coefficient (Wildman–Crippen LogP) is 3.62. The lowest BCUT2D eigenvalue weighted by molar-refractivity contribution is -0.165. The lowest BCUT2D eigenvalue weighted by atomic mass is 9.79. The van der Waals surface area contributed by atoms with Crippen LogP contribution in [-0.4, -0.2) is 96.4 Å². The molecule has 3 aliphatic heterocycles. The zero-order valence-corrected chi connectivity index (χ0v) is 28.6. The Morgan fingerprint density at radius 3 is 2.52 bits per heavy atom. The third kappa shape index (κ3) is 5.94. The average molecular weight is 684 g/mol. The Bertz CT molecular complexity index is 1850. The van der Waals surface area contributed by atoms with E-state index in [2.05, 4.69) is 15.6 Å². The molecule has 2 spiro atoms. The van der Waals surface area contributed by atoms with Gasteiger partial charge in [0.1, 0.15) is 23.7 Å². The molecule has 2 N–H and O–H groups in total. The summed E-state index contributed by atoms with van der Waals surface area (Å²) in [6.45, 7) is 5.26. The molecule has 0 bridgehead atoms. The highest BCUT2D eigenvalue weighted by molar-refractivity contribution is 6.06. The molecule has 2 saturated heterocycles. The van der Waals surface area contributed by atoms with Crippen LogP contribution in [0.5, 0.6) is 5.75 Å². The molecule has 1 aromatic heterocycles. The number of amides is 4. The van der Waals surface area contributed by atoms with Crippen LogP contribution in [0.3, 0.4) is 0 Å². The van der Waals surface area contributed by atoms with Crippen molar-refractivity contribution in [3.8, 4) is 5.75 Å². The Labute approximate surface area is 290 Å². The molecular weight excluding hydrogens is 642 g/mol. The van der Waals surface area contributed by atoms with Gasteiger partial charge in [-0.2, -0.15) is 0 Å². The third-order valence-corrected chi connectivity index (χ3v) is 9.83. The van der Waals surface area contributed by atoms with Gasteiger partial charge in [0, 0.05) is 24.0 Å². The zero-order valence-electron chi connectivity index (χ0n) is 28.6. The predicted molar refractivity (Wildman–Crippen MR) is 182 cm³/mol. The molecule has 2 unspecified atom stereocenters. The fourth-order valence-electron chi connectivity index (χ4n) is 7.47. The number of aromatic nitrogens is 1. The lowest BCUT2D eigenvalue weighted by Crippen LogP contribution is -2.72. The Kier molecular flexibility index (Phi) is 8.51. The first-order valence-corrected chi connectivity index (χ1v) is 16.7. The van der Waals surface area contributed by atoms with E-state index in [1.54, 1.807) is 52.3 Å². The summed E-state index contributed by atoms with van der Waals surface area (Å²) in [7, 11) is 1.55. The van der Waals surface area contributed by atoms with Crippen molar-refractivity contribution >= 4 is 35.3 Å². The molecule has 4 amide bonds. The van der Waals surface area contributed by atoms with Gasteiger partial charge in [0.25, 0.3) is 5.91 Å². The van der Waals surface area contributed by atoms with E-state index in [1.807, 2.05) is 36.4 Å². The van der Waals surface area contributed by atoms with Crippen LogP contribution in [0.2, 0.25) is 0 Å². The van der Waals surface area contributed by atoms with E-state index < -0.39 is 40.5 Å². The van der Waals surface area contributed by atoms with Crippen molar-refractivity contribution in [2.75, 3.05) is 57.3 Å². The number of hydrogen-bond acceptors (Lipinski definition) is 9. The van der Waals surface area contributed by atoms with Gasteiger partial charge in [0.15, 0.2) is 5.54 Å². The van der Waals surface area contributed by atoms with Crippen molar-refractivity contribution < 1.29 is 38.1 Å². The molecule has 1 aliphatic carbocycles. The van der Waals surface area contributed by atoms with E-state index >= 15 is 0 Å². The third-order valence-electron chi connectivity index (χ3n) is 9.83. The van der Waals surface area contributed by atoms with Gasteiger partial charge in [-0.25, -0.2) is 9.78 Å². The molecule has 262 valence electrons. The highest BCUT2D eigenvalue weighted by Crippen LogP contribution is 2.47. The maximum absolute atomic E-state index is 14.8. The second-order valence-corrected chi connectivity index (χ2v) is 14.3. The van der Waals surface area contributed by atoms with E-state index in [9.17, 15) is 19.2 Å². The van der Waals surface area contributed by atoms with Crippen LogP contribution in [0, 0.1) is 0 Å². The van der Waals surface area contributed by atoms with Crippen LogP contribution in [0.4, 0.5) is 16.3 Å². The largest absolute Gasteiger partial charge is 0.497 e. The minimum atomic E-state index is -1.55. The first kappa shape index (κ1) is 33.5. The van der Waals surface area contributed by atoms with E-state index in [1.165, 1.54) is 9.80 Å². The monoisotopic (exact) mass is 683 g/mol. The van der Waals surface area contributed by atoms with E-state index in [0.29, 0.717) is 35.7 Å². The molecule has 4 aliphatic rings. The Balaban J connectivity index is 1.17. The molecule has 3 aromatic rings. The molecule has 0 saturated carbocycles. The summed E-state index contributed by atoms with van der Waals surface area (Å²) in [6.07, 6.45) is 1.99. The molecule has 7 rings (SSSR count). The second-order valence-electron chi connectivity index (χ2n) is 14.3. The van der Waals surface area contributed by atoms with Crippen LogP contribution in [0.1, 0.15) is 49.1 Å². The van der Waals surface area contributed by atoms with Crippen LogP contribution >= 0.6 is 0 Å². The first-order valence-electron chi connectivity index (χ1n) is 16.7. The number of anilines is 2. The molecule has 2 atom stereocenters. The summed E-state index contributed by atoms with van der Waals surface area (Å²) in [4.78, 5) is 62.8. The fraction of sp³-hybridized carbons (Fsp3) is 0.432. The highest BCUT2D eigenvalue weighted by atomic mass is 16.6. The molecule has 13 nitrogen and oxygen atoms in total. The van der Waals surface area contributed by atoms with Gasteiger partial charge in [-0.3, -0.25) is 19.3 Å². The van der Waals surface area contributed by atoms with Crippen molar-refractivity contribution in [3.63, 3.8) is 0 Å². The van der Waals surface area contributed by atoms with Crippen molar-refractivity contribution in [1.29, 1.82) is 0 Å². The Morgan fingerprint density at radius 1 is 1.02 bits per heavy atom. The molecule has 50 heavy (non-hydrogen) atoms. The minimum Gasteiger partial charge on any atom is -0.497 e. The van der Waals surface area contributed by atoms with E-state index in [4.69, 9.17) is 18.9 Å². The van der Waals surface area contributed by atoms with Crippen LogP contribution < -0.4 is 15.4 Å². The number of ether oxygens (including phenoxy) is 4. The SMILES string of the molecule is COc1cccc(C2CN(C(=O)OC(C)(C)C)C3(COCCOC3)C(=O)N2CC(=O)Nc2ccc3c(c2)CC2(C3)C(=O)Nc3ncccc32)c1. The molecule has 13 heteroatoms. The fourth-order valence-corrected chi connectivity index (χ4v) is 7.47. The lowest BCUT2D eigenvalue weighted by Gasteiger charge is -2.51. The summed E-state index contributed by atoms with van der Waals surface area (Å²) in [5, 5.41) is 5.89. The van der Waals surface area contributed by atoms with Gasteiger partial charge < -0.3 is 34.5 Å². The quantitative estimate of drug-likeness (QED) is 0.412. The summed E-state index contributed by atoms with van der Waals surface area (Å²) in [5.41, 5.74) is 0.961. The van der Waals surface area contributed by atoms with Gasteiger partial charge in [0.05, 0.1) is 45.0 Å². The van der Waals surface area contributed by atoms with E-state index in [0.717, 1.165) is 16.7 Å². The number of pyridine rings is 1. The number of nitrogens with zero attached hydrogens (tertiary/aromatic N) is 3. The van der Waals surface area contributed by atoms with Gasteiger partial charge >= 0.3 is 6.09 Å². The number of fused-ring (bicyclic) bond motifs is 3. The number of carbonyl (C=O) groups excluding carboxylic acids is 4. The summed E-state index contributed by atoms with van der Waals surface area (Å²) >= 11 is 0. The van der Waals surface area contributed by atoms with Gasteiger partial charge in [-0.1, -0.05) is 24.3 Å². The summed E-state index contributed by atoms with van der Waals surface area (Å²) < 4.78 is 22.9. The van der Waals surface area contributed by atoms with Gasteiger partial charge in [-0.15, -0.1) is 0 Å². The van der Waals surface area contributed by atoms with Crippen molar-refractivity contribution in [3.05, 3.63) is 83.0 Å². The number of hydrogen-bond donors (Lipinski definition) is 2. The molecule has 2 aromatic carbocycles. The summed E-state index contributed by atoms with van der Waals surface area (Å²) in [5.74, 6) is 0.150. The molecule has 4 heterocycles. The number of carbonyl (C=O) groups is 4. The zero-order chi connectivity index (χ0) is 35.3. The first-order chi connectivity index (χ1) is 23.9. The number of rotatable bonds is 5. The Hall–Kier alpha value is -5.01. The average Bonchev–Trinajstić information content (AvgIpc) is 3.47. The van der Waals surface area contributed by atoms with E-state index in [-0.39, 0.29) is 45.4 Å². The summed E-state index contributed by atoms with van der Waals surface area (Å²) in [6, 6.07) is 15.9. The minimum absolute atomic E-state index is 0.0210. The van der Waals surface area contributed by atoms with Gasteiger partial charge in [0.2, 0.25) is 11.8 Å². The number of methoxy groups -OCH3 is 1. The van der Waals surface area contributed by atoms with Crippen LogP contribution in [0.15, 0.2) is 60.8 Å². The van der Waals surface area contributed by atoms with Crippen LogP contribution in [-0.2, 0) is 46.9 Å². The normalized spacial score (nSPS) is 22.5. The maximum Gasteiger partial charge on any atom is 0.411 e.